The number of methoxy groups -OCH3 is 1. The molecule has 1 heterocycles. The smallest absolute Gasteiger partial charge is 0.258 e. The highest BCUT2D eigenvalue weighted by Crippen LogP contribution is 2.14. The van der Waals surface area contributed by atoms with Gasteiger partial charge in [-0.05, 0) is 43.5 Å². The van der Waals surface area contributed by atoms with Gasteiger partial charge in [0, 0.05) is 38.3 Å². The number of nitrogens with zero attached hydrogens (tertiary/aromatic N) is 2. The van der Waals surface area contributed by atoms with E-state index in [4.69, 9.17) is 4.74 Å². The molecule has 0 fully saturated rings. The minimum Gasteiger partial charge on any atom is -0.385 e. The highest BCUT2D eigenvalue weighted by atomic mass is 16.5. The molecule has 0 radical (unpaired) electrons. The topological polar surface area (TPSA) is 76.1 Å². The van der Waals surface area contributed by atoms with Crippen LogP contribution in [0.5, 0.6) is 0 Å². The summed E-state index contributed by atoms with van der Waals surface area (Å²) in [6, 6.07) is 5.91. The number of amides is 1. The number of aryl methyl sites for hydroxylation is 2. The first kappa shape index (κ1) is 16.9. The predicted octanol–water partition coefficient (Wildman–Crippen LogP) is 2.79. The molecule has 6 nitrogen and oxygen atoms in total. The number of benzene rings is 1. The summed E-state index contributed by atoms with van der Waals surface area (Å²) in [5, 5.41) is 5.94. The van der Waals surface area contributed by atoms with Crippen molar-refractivity contribution in [1.82, 2.24) is 9.97 Å². The molecule has 2 N–H and O–H groups in total. The fourth-order valence-corrected chi connectivity index (χ4v) is 2.20. The summed E-state index contributed by atoms with van der Waals surface area (Å²) in [5.74, 6) is 0.282. The SMILES string of the molecule is COCCCNc1ncc(C(=O)Nc2cc(C)cc(C)c2)cn1. The third-order valence-corrected chi connectivity index (χ3v) is 3.20. The molecule has 1 amide bonds. The Kier molecular flexibility index (Phi) is 6.05. The Bertz CT molecular complexity index is 636. The third-order valence-electron chi connectivity index (χ3n) is 3.20. The van der Waals surface area contributed by atoms with Crippen LogP contribution in [0.1, 0.15) is 27.9 Å². The van der Waals surface area contributed by atoms with E-state index in [0.717, 1.165) is 29.8 Å². The first-order valence-electron chi connectivity index (χ1n) is 7.53. The number of rotatable bonds is 7. The summed E-state index contributed by atoms with van der Waals surface area (Å²) in [7, 11) is 1.67. The molecule has 0 saturated heterocycles. The molecule has 2 aromatic rings. The Morgan fingerprint density at radius 3 is 2.39 bits per heavy atom. The van der Waals surface area contributed by atoms with Crippen LogP contribution in [0.2, 0.25) is 0 Å². The average molecular weight is 314 g/mol. The molecule has 1 aromatic heterocycles. The third kappa shape index (κ3) is 5.34. The van der Waals surface area contributed by atoms with Crippen molar-refractivity contribution in [3.8, 4) is 0 Å². The molecule has 122 valence electrons. The van der Waals surface area contributed by atoms with Crippen molar-refractivity contribution in [3.05, 3.63) is 47.3 Å². The number of anilines is 2. The average Bonchev–Trinajstić information content (AvgIpc) is 2.51. The lowest BCUT2D eigenvalue weighted by molar-refractivity contribution is 0.102. The molecule has 0 saturated carbocycles. The second-order valence-corrected chi connectivity index (χ2v) is 5.40. The standard InChI is InChI=1S/C17H22N4O2/c1-12-7-13(2)9-15(8-12)21-16(22)14-10-19-17(20-11-14)18-5-4-6-23-3/h7-11H,4-6H2,1-3H3,(H,21,22)(H,18,19,20). The normalized spacial score (nSPS) is 10.4. The minimum atomic E-state index is -0.221. The molecule has 1 aromatic carbocycles. The predicted molar refractivity (Wildman–Crippen MR) is 90.9 cm³/mol. The van der Waals surface area contributed by atoms with Crippen LogP contribution in [0.4, 0.5) is 11.6 Å². The molecule has 0 aliphatic rings. The van der Waals surface area contributed by atoms with Gasteiger partial charge < -0.3 is 15.4 Å². The monoisotopic (exact) mass is 314 g/mol. The fourth-order valence-electron chi connectivity index (χ4n) is 2.20. The van der Waals surface area contributed by atoms with Gasteiger partial charge in [-0.1, -0.05) is 6.07 Å². The van der Waals surface area contributed by atoms with E-state index in [-0.39, 0.29) is 5.91 Å². The molecule has 0 aliphatic carbocycles. The Balaban J connectivity index is 1.94. The largest absolute Gasteiger partial charge is 0.385 e. The van der Waals surface area contributed by atoms with Crippen molar-refractivity contribution in [1.29, 1.82) is 0 Å². The van der Waals surface area contributed by atoms with Gasteiger partial charge in [0.1, 0.15) is 0 Å². The van der Waals surface area contributed by atoms with E-state index in [0.29, 0.717) is 18.1 Å². The summed E-state index contributed by atoms with van der Waals surface area (Å²) in [6.07, 6.45) is 3.90. The van der Waals surface area contributed by atoms with Crippen molar-refractivity contribution in [2.45, 2.75) is 20.3 Å². The van der Waals surface area contributed by atoms with Gasteiger partial charge in [0.25, 0.3) is 5.91 Å². The van der Waals surface area contributed by atoms with Gasteiger partial charge >= 0.3 is 0 Å². The summed E-state index contributed by atoms with van der Waals surface area (Å²) in [4.78, 5) is 20.5. The lowest BCUT2D eigenvalue weighted by Gasteiger charge is -2.08. The van der Waals surface area contributed by atoms with Gasteiger partial charge in [-0.15, -0.1) is 0 Å². The van der Waals surface area contributed by atoms with Crippen molar-refractivity contribution < 1.29 is 9.53 Å². The molecule has 0 spiro atoms. The second-order valence-electron chi connectivity index (χ2n) is 5.40. The zero-order valence-electron chi connectivity index (χ0n) is 13.7. The molecular weight excluding hydrogens is 292 g/mol. The van der Waals surface area contributed by atoms with Gasteiger partial charge in [0.2, 0.25) is 5.95 Å². The van der Waals surface area contributed by atoms with E-state index in [1.165, 1.54) is 12.4 Å². The summed E-state index contributed by atoms with van der Waals surface area (Å²) in [5.41, 5.74) is 3.40. The summed E-state index contributed by atoms with van der Waals surface area (Å²) < 4.78 is 4.97. The van der Waals surface area contributed by atoms with E-state index in [2.05, 4.69) is 26.7 Å². The van der Waals surface area contributed by atoms with Gasteiger partial charge in [-0.25, -0.2) is 9.97 Å². The Labute approximate surface area is 136 Å². The van der Waals surface area contributed by atoms with Gasteiger partial charge in [-0.2, -0.15) is 0 Å². The molecule has 0 unspecified atom stereocenters. The van der Waals surface area contributed by atoms with Crippen LogP contribution in [0.3, 0.4) is 0 Å². The highest BCUT2D eigenvalue weighted by Gasteiger charge is 2.08. The first-order chi connectivity index (χ1) is 11.1. The van der Waals surface area contributed by atoms with Crippen LogP contribution in [0.25, 0.3) is 0 Å². The lowest BCUT2D eigenvalue weighted by atomic mass is 10.1. The van der Waals surface area contributed by atoms with Gasteiger partial charge in [0.15, 0.2) is 0 Å². The highest BCUT2D eigenvalue weighted by molar-refractivity contribution is 6.03. The number of ether oxygens (including phenoxy) is 1. The van der Waals surface area contributed by atoms with Crippen LogP contribution >= 0.6 is 0 Å². The fraction of sp³-hybridized carbons (Fsp3) is 0.353. The molecule has 0 aliphatic heterocycles. The van der Waals surface area contributed by atoms with Crippen LogP contribution in [-0.2, 0) is 4.74 Å². The van der Waals surface area contributed by atoms with Gasteiger partial charge in [-0.3, -0.25) is 4.79 Å². The zero-order chi connectivity index (χ0) is 16.7. The molecular formula is C17H22N4O2. The second kappa shape index (κ2) is 8.24. The van der Waals surface area contributed by atoms with Crippen LogP contribution in [-0.4, -0.2) is 36.1 Å². The van der Waals surface area contributed by atoms with Crippen LogP contribution < -0.4 is 10.6 Å². The molecule has 23 heavy (non-hydrogen) atoms. The van der Waals surface area contributed by atoms with E-state index in [1.54, 1.807) is 7.11 Å². The van der Waals surface area contributed by atoms with Crippen LogP contribution in [0.15, 0.2) is 30.6 Å². The summed E-state index contributed by atoms with van der Waals surface area (Å²) >= 11 is 0. The van der Waals surface area contributed by atoms with E-state index < -0.39 is 0 Å². The van der Waals surface area contributed by atoms with Crippen molar-refractivity contribution in [2.24, 2.45) is 0 Å². The van der Waals surface area contributed by atoms with Crippen molar-refractivity contribution >= 4 is 17.5 Å². The maximum atomic E-state index is 12.2. The van der Waals surface area contributed by atoms with E-state index in [1.807, 2.05) is 26.0 Å². The molecule has 6 heteroatoms. The van der Waals surface area contributed by atoms with Crippen molar-refractivity contribution in [2.75, 3.05) is 30.9 Å². The van der Waals surface area contributed by atoms with E-state index in [9.17, 15) is 4.79 Å². The Morgan fingerprint density at radius 2 is 1.78 bits per heavy atom. The maximum Gasteiger partial charge on any atom is 0.258 e. The molecule has 0 bridgehead atoms. The Hall–Kier alpha value is -2.47. The number of carbonyl (C=O) groups is 1. The summed E-state index contributed by atoms with van der Waals surface area (Å²) in [6.45, 7) is 5.40. The number of nitrogens with one attached hydrogen (secondary N) is 2. The molecule has 0 atom stereocenters. The lowest BCUT2D eigenvalue weighted by Crippen LogP contribution is -2.14. The quantitative estimate of drug-likeness (QED) is 0.769. The minimum absolute atomic E-state index is 0.221. The molecule has 2 rings (SSSR count). The number of hydrogen-bond donors (Lipinski definition) is 2. The number of aromatic nitrogens is 2. The van der Waals surface area contributed by atoms with E-state index >= 15 is 0 Å². The first-order valence-corrected chi connectivity index (χ1v) is 7.53. The zero-order valence-corrected chi connectivity index (χ0v) is 13.7. The van der Waals surface area contributed by atoms with Crippen LogP contribution in [0, 0.1) is 13.8 Å². The Morgan fingerprint density at radius 1 is 1.13 bits per heavy atom. The number of carbonyl (C=O) groups excluding carboxylic acids is 1. The number of hydrogen-bond acceptors (Lipinski definition) is 5. The van der Waals surface area contributed by atoms with Crippen molar-refractivity contribution in [3.63, 3.8) is 0 Å². The van der Waals surface area contributed by atoms with Gasteiger partial charge in [0.05, 0.1) is 5.56 Å². The maximum absolute atomic E-state index is 12.2.